The number of aliphatic hydroxyl groups excluding tert-OH is 1. The van der Waals surface area contributed by atoms with Gasteiger partial charge in [0.05, 0.1) is 17.1 Å². The predicted molar refractivity (Wildman–Crippen MR) is 128 cm³/mol. The summed E-state index contributed by atoms with van der Waals surface area (Å²) in [4.78, 5) is 25.6. The van der Waals surface area contributed by atoms with Gasteiger partial charge in [-0.25, -0.2) is 4.79 Å². The fourth-order valence-corrected chi connectivity index (χ4v) is 8.47. The SMILES string of the molecule is CC1=C(C)C(=O)OC([C@](C)(O)[C@]2(O)CC[C@@]3(O)[C@@H]4CC=C5C(O)C=CC(=O)[C@]5(C)[C@H]4CC[C@]23C)C1. The molecule has 5 aliphatic rings. The number of cyclic esters (lactones) is 1. The number of hydrogen-bond acceptors (Lipinski definition) is 7. The minimum atomic E-state index is -1.80. The van der Waals surface area contributed by atoms with Crippen molar-refractivity contribution in [3.63, 3.8) is 0 Å². The van der Waals surface area contributed by atoms with Crippen molar-refractivity contribution in [2.24, 2.45) is 22.7 Å². The third-order valence-electron chi connectivity index (χ3n) is 11.1. The smallest absolute Gasteiger partial charge is 0.334 e. The van der Waals surface area contributed by atoms with Crippen LogP contribution in [0.4, 0.5) is 0 Å². The molecule has 7 heteroatoms. The quantitative estimate of drug-likeness (QED) is 0.349. The summed E-state index contributed by atoms with van der Waals surface area (Å²) in [5.74, 6) is -1.08. The molecule has 1 aliphatic heterocycles. The first-order valence-corrected chi connectivity index (χ1v) is 12.8. The molecule has 4 N–H and O–H groups in total. The number of aliphatic hydroxyl groups is 4. The highest BCUT2D eigenvalue weighted by molar-refractivity contribution is 5.99. The van der Waals surface area contributed by atoms with Crippen molar-refractivity contribution in [1.29, 1.82) is 0 Å². The zero-order valence-corrected chi connectivity index (χ0v) is 21.3. The van der Waals surface area contributed by atoms with Crippen molar-refractivity contribution < 1.29 is 34.8 Å². The highest BCUT2D eigenvalue weighted by Gasteiger charge is 2.76. The molecule has 35 heavy (non-hydrogen) atoms. The summed E-state index contributed by atoms with van der Waals surface area (Å²) < 4.78 is 5.61. The summed E-state index contributed by atoms with van der Waals surface area (Å²) in [6.45, 7) is 8.75. The number of ether oxygens (including phenoxy) is 1. The van der Waals surface area contributed by atoms with Gasteiger partial charge in [0.25, 0.3) is 0 Å². The number of rotatable bonds is 2. The average Bonchev–Trinajstić information content (AvgIpc) is 3.02. The number of allylic oxidation sites excluding steroid dienone is 2. The zero-order valence-electron chi connectivity index (χ0n) is 21.3. The molecule has 1 heterocycles. The molecule has 7 nitrogen and oxygen atoms in total. The van der Waals surface area contributed by atoms with Crippen molar-refractivity contribution in [1.82, 2.24) is 0 Å². The topological polar surface area (TPSA) is 124 Å². The van der Waals surface area contributed by atoms with Gasteiger partial charge in [0.1, 0.15) is 17.3 Å². The van der Waals surface area contributed by atoms with Gasteiger partial charge in [0, 0.05) is 17.4 Å². The molecule has 0 aromatic heterocycles. The van der Waals surface area contributed by atoms with Crippen molar-refractivity contribution in [2.75, 3.05) is 0 Å². The lowest BCUT2D eigenvalue weighted by Crippen LogP contribution is -2.72. The number of hydrogen-bond donors (Lipinski definition) is 4. The van der Waals surface area contributed by atoms with E-state index < -0.39 is 45.8 Å². The summed E-state index contributed by atoms with van der Waals surface area (Å²) in [7, 11) is 0. The highest BCUT2D eigenvalue weighted by atomic mass is 16.6. The third kappa shape index (κ3) is 2.81. The molecule has 0 saturated heterocycles. The number of fused-ring (bicyclic) bond motifs is 5. The normalized spacial score (nSPS) is 49.0. The first-order chi connectivity index (χ1) is 16.1. The van der Waals surface area contributed by atoms with Crippen LogP contribution in [0, 0.1) is 22.7 Å². The molecule has 2 saturated carbocycles. The number of carbonyl (C=O) groups is 2. The van der Waals surface area contributed by atoms with Gasteiger partial charge in [0.15, 0.2) is 5.78 Å². The van der Waals surface area contributed by atoms with Crippen LogP contribution in [-0.2, 0) is 14.3 Å². The second-order valence-electron chi connectivity index (χ2n) is 12.3. The fraction of sp³-hybridized carbons (Fsp3) is 0.714. The Hall–Kier alpha value is -1.80. The Bertz CT molecular complexity index is 1080. The maximum absolute atomic E-state index is 13.1. The maximum Gasteiger partial charge on any atom is 0.334 e. The average molecular weight is 487 g/mol. The van der Waals surface area contributed by atoms with E-state index in [0.717, 1.165) is 5.57 Å². The van der Waals surface area contributed by atoms with Gasteiger partial charge >= 0.3 is 5.97 Å². The van der Waals surface area contributed by atoms with E-state index in [1.165, 1.54) is 19.1 Å². The second kappa shape index (κ2) is 7.37. The summed E-state index contributed by atoms with van der Waals surface area (Å²) in [5, 5.41) is 47.1. The summed E-state index contributed by atoms with van der Waals surface area (Å²) in [6, 6.07) is 0. The van der Waals surface area contributed by atoms with Gasteiger partial charge in [-0.2, -0.15) is 0 Å². The lowest BCUT2D eigenvalue weighted by molar-refractivity contribution is -0.279. The molecule has 5 rings (SSSR count). The molecule has 0 radical (unpaired) electrons. The standard InChI is InChI=1S/C28H38O7/c1-15-14-22(35-23(31)16(15)2)26(5,32)28(34)13-12-27(33)18-6-7-19-20(29)8-9-21(30)25(19,4)17(18)10-11-24(27,28)3/h7-9,17-18,20,22,29,32-34H,6,10-14H2,1-5H3/t17-,18+,20?,22?,24-,25+,26-,27+,28-/m0/s1. The predicted octanol–water partition coefficient (Wildman–Crippen LogP) is 2.51. The molecule has 2 unspecified atom stereocenters. The maximum atomic E-state index is 13.1. The van der Waals surface area contributed by atoms with Gasteiger partial charge in [-0.1, -0.05) is 18.6 Å². The molecular weight excluding hydrogens is 448 g/mol. The van der Waals surface area contributed by atoms with Crippen LogP contribution >= 0.6 is 0 Å². The largest absolute Gasteiger partial charge is 0.455 e. The molecule has 2 fully saturated rings. The summed E-state index contributed by atoms with van der Waals surface area (Å²) in [5.41, 5.74) is -4.81. The Labute approximate surface area is 206 Å². The van der Waals surface area contributed by atoms with Crippen molar-refractivity contribution in [2.45, 2.75) is 102 Å². The molecule has 9 atom stereocenters. The molecule has 4 aliphatic carbocycles. The molecule has 0 amide bonds. The van der Waals surface area contributed by atoms with Crippen molar-refractivity contribution >= 4 is 11.8 Å². The second-order valence-corrected chi connectivity index (χ2v) is 12.3. The van der Waals surface area contributed by atoms with Gasteiger partial charge in [-0.3, -0.25) is 4.79 Å². The lowest BCUT2D eigenvalue weighted by atomic mass is 9.44. The van der Waals surface area contributed by atoms with E-state index in [0.29, 0.717) is 36.8 Å². The Morgan fingerprint density at radius 2 is 1.77 bits per heavy atom. The molecule has 0 aromatic carbocycles. The van der Waals surface area contributed by atoms with Crippen LogP contribution < -0.4 is 0 Å². The van der Waals surface area contributed by atoms with Crippen LogP contribution in [0.15, 0.2) is 34.9 Å². The molecule has 0 bridgehead atoms. The third-order valence-corrected chi connectivity index (χ3v) is 11.1. The highest BCUT2D eigenvalue weighted by Crippen LogP contribution is 2.70. The number of esters is 1. The Morgan fingerprint density at radius 1 is 1.09 bits per heavy atom. The monoisotopic (exact) mass is 486 g/mol. The van der Waals surface area contributed by atoms with Crippen molar-refractivity contribution in [3.05, 3.63) is 34.9 Å². The first kappa shape index (κ1) is 24.9. The van der Waals surface area contributed by atoms with Gasteiger partial charge in [0.2, 0.25) is 0 Å². The van der Waals surface area contributed by atoms with Crippen LogP contribution in [0.3, 0.4) is 0 Å². The zero-order chi connectivity index (χ0) is 25.8. The van der Waals surface area contributed by atoms with E-state index in [4.69, 9.17) is 4.74 Å². The van der Waals surface area contributed by atoms with E-state index in [9.17, 15) is 30.0 Å². The molecule has 0 aromatic rings. The van der Waals surface area contributed by atoms with Crippen LogP contribution in [0.25, 0.3) is 0 Å². The summed E-state index contributed by atoms with van der Waals surface area (Å²) in [6.07, 6.45) is 5.28. The molecule has 0 spiro atoms. The number of carbonyl (C=O) groups excluding carboxylic acids is 2. The lowest BCUT2D eigenvalue weighted by Gasteiger charge is -2.63. The first-order valence-electron chi connectivity index (χ1n) is 12.8. The Morgan fingerprint density at radius 3 is 2.43 bits per heavy atom. The van der Waals surface area contributed by atoms with Gasteiger partial charge in [-0.05, 0) is 89.4 Å². The van der Waals surface area contributed by atoms with Gasteiger partial charge < -0.3 is 25.2 Å². The minimum Gasteiger partial charge on any atom is -0.455 e. The van der Waals surface area contributed by atoms with E-state index in [1.54, 1.807) is 6.92 Å². The summed E-state index contributed by atoms with van der Waals surface area (Å²) >= 11 is 0. The van der Waals surface area contributed by atoms with Gasteiger partial charge in [-0.15, -0.1) is 0 Å². The van der Waals surface area contributed by atoms with E-state index >= 15 is 0 Å². The van der Waals surface area contributed by atoms with Crippen LogP contribution in [0.2, 0.25) is 0 Å². The minimum absolute atomic E-state index is 0.0667. The molecule has 192 valence electrons. The Balaban J connectivity index is 1.54. The van der Waals surface area contributed by atoms with E-state index in [-0.39, 0.29) is 30.5 Å². The van der Waals surface area contributed by atoms with Crippen LogP contribution in [0.5, 0.6) is 0 Å². The van der Waals surface area contributed by atoms with E-state index in [1.807, 2.05) is 26.8 Å². The fourth-order valence-electron chi connectivity index (χ4n) is 8.47. The number of ketones is 1. The Kier molecular flexibility index (Phi) is 5.24. The van der Waals surface area contributed by atoms with Crippen LogP contribution in [0.1, 0.15) is 73.1 Å². The van der Waals surface area contributed by atoms with Crippen LogP contribution in [-0.4, -0.2) is 61.2 Å². The van der Waals surface area contributed by atoms with Crippen molar-refractivity contribution in [3.8, 4) is 0 Å². The molecular formula is C28H38O7. The van der Waals surface area contributed by atoms with E-state index in [2.05, 4.69) is 0 Å².